The Kier molecular flexibility index (Phi) is 5.57. The van der Waals surface area contributed by atoms with E-state index in [1.54, 1.807) is 14.2 Å². The van der Waals surface area contributed by atoms with Gasteiger partial charge in [-0.05, 0) is 66.9 Å². The second kappa shape index (κ2) is 8.52. The Balaban J connectivity index is 1.90. The SMILES string of the molecule is COc1cccc(-c2nc3c(Br)c4ccccc4c(Br)c3nc2-c2cccc(OC)c2)c1. The molecule has 32 heavy (non-hydrogen) atoms. The highest BCUT2D eigenvalue weighted by molar-refractivity contribution is 9.11. The number of halogens is 2. The summed E-state index contributed by atoms with van der Waals surface area (Å²) in [5.74, 6) is 1.53. The molecule has 1 heterocycles. The molecule has 6 heteroatoms. The Hall–Kier alpha value is -2.96. The lowest BCUT2D eigenvalue weighted by Gasteiger charge is -2.15. The maximum atomic E-state index is 5.46. The molecule has 0 N–H and O–H groups in total. The first kappa shape index (κ1) is 20.9. The molecule has 0 amide bonds. The van der Waals surface area contributed by atoms with Crippen LogP contribution in [0.2, 0.25) is 0 Å². The minimum Gasteiger partial charge on any atom is -0.497 e. The van der Waals surface area contributed by atoms with Gasteiger partial charge in [0, 0.05) is 11.1 Å². The second-order valence-corrected chi connectivity index (χ2v) is 8.84. The first-order valence-corrected chi connectivity index (χ1v) is 11.6. The van der Waals surface area contributed by atoms with Crippen LogP contribution in [-0.2, 0) is 0 Å². The Morgan fingerprint density at radius 1 is 0.594 bits per heavy atom. The van der Waals surface area contributed by atoms with E-state index in [1.807, 2.05) is 60.7 Å². The summed E-state index contributed by atoms with van der Waals surface area (Å²) in [6.45, 7) is 0. The van der Waals surface area contributed by atoms with Gasteiger partial charge < -0.3 is 9.47 Å². The molecule has 0 bridgehead atoms. The van der Waals surface area contributed by atoms with Crippen molar-refractivity contribution in [2.45, 2.75) is 0 Å². The van der Waals surface area contributed by atoms with E-state index in [2.05, 4.69) is 44.0 Å². The van der Waals surface area contributed by atoms with Gasteiger partial charge in [0.1, 0.15) is 22.5 Å². The fourth-order valence-corrected chi connectivity index (χ4v) is 5.05. The van der Waals surface area contributed by atoms with E-state index in [0.717, 1.165) is 64.8 Å². The van der Waals surface area contributed by atoms with Gasteiger partial charge in [-0.25, -0.2) is 9.97 Å². The summed E-state index contributed by atoms with van der Waals surface area (Å²) >= 11 is 7.57. The minimum atomic E-state index is 0.764. The van der Waals surface area contributed by atoms with E-state index in [9.17, 15) is 0 Å². The summed E-state index contributed by atoms with van der Waals surface area (Å²) in [6, 6.07) is 23.9. The fraction of sp³-hybridized carbons (Fsp3) is 0.0769. The molecule has 0 spiro atoms. The van der Waals surface area contributed by atoms with Crippen LogP contribution >= 0.6 is 31.9 Å². The number of benzene rings is 4. The zero-order valence-corrected chi connectivity index (χ0v) is 20.6. The molecule has 0 aliphatic carbocycles. The topological polar surface area (TPSA) is 44.2 Å². The molecule has 1 aromatic heterocycles. The first-order valence-electron chi connectivity index (χ1n) is 9.97. The lowest BCUT2D eigenvalue weighted by molar-refractivity contribution is 0.415. The van der Waals surface area contributed by atoms with Gasteiger partial charge in [0.2, 0.25) is 0 Å². The summed E-state index contributed by atoms with van der Waals surface area (Å²) in [4.78, 5) is 10.3. The molecule has 0 saturated carbocycles. The van der Waals surface area contributed by atoms with Crippen LogP contribution in [0.25, 0.3) is 44.3 Å². The number of hydrogen-bond acceptors (Lipinski definition) is 4. The number of rotatable bonds is 4. The minimum absolute atomic E-state index is 0.764. The molecule has 0 saturated heterocycles. The number of aromatic nitrogens is 2. The first-order chi connectivity index (χ1) is 15.6. The number of methoxy groups -OCH3 is 2. The lowest BCUT2D eigenvalue weighted by atomic mass is 10.0. The van der Waals surface area contributed by atoms with Gasteiger partial charge in [0.15, 0.2) is 0 Å². The maximum Gasteiger partial charge on any atom is 0.119 e. The van der Waals surface area contributed by atoms with Gasteiger partial charge in [0.25, 0.3) is 0 Å². The summed E-state index contributed by atoms with van der Waals surface area (Å²) < 4.78 is 12.8. The molecular weight excluding hydrogens is 532 g/mol. The zero-order valence-electron chi connectivity index (χ0n) is 17.4. The van der Waals surface area contributed by atoms with Crippen LogP contribution in [0.1, 0.15) is 0 Å². The average Bonchev–Trinajstić information content (AvgIpc) is 2.86. The maximum absolute atomic E-state index is 5.46. The third-order valence-corrected chi connectivity index (χ3v) is 7.00. The van der Waals surface area contributed by atoms with Crippen molar-refractivity contribution in [2.75, 3.05) is 14.2 Å². The highest BCUT2D eigenvalue weighted by atomic mass is 79.9. The van der Waals surface area contributed by atoms with Crippen LogP contribution in [0.3, 0.4) is 0 Å². The Morgan fingerprint density at radius 2 is 1.03 bits per heavy atom. The predicted octanol–water partition coefficient (Wildman–Crippen LogP) is 7.66. The van der Waals surface area contributed by atoms with E-state index in [0.29, 0.717) is 0 Å². The summed E-state index contributed by atoms with van der Waals surface area (Å²) in [7, 11) is 3.32. The van der Waals surface area contributed by atoms with Gasteiger partial charge in [0.05, 0.1) is 34.6 Å². The van der Waals surface area contributed by atoms with E-state index >= 15 is 0 Å². The van der Waals surface area contributed by atoms with Crippen molar-refractivity contribution < 1.29 is 9.47 Å². The number of ether oxygens (including phenoxy) is 2. The standard InChI is InChI=1S/C26H18Br2N2O2/c1-31-17-9-5-7-15(13-17)23-24(16-8-6-10-18(14-16)32-2)30-26-22(28)20-12-4-3-11-19(20)21(27)25(26)29-23/h3-14H,1-2H3. The summed E-state index contributed by atoms with van der Waals surface area (Å²) in [5.41, 5.74) is 4.97. The van der Waals surface area contributed by atoms with E-state index in [-0.39, 0.29) is 0 Å². The van der Waals surface area contributed by atoms with Crippen LogP contribution in [-0.4, -0.2) is 24.2 Å². The van der Waals surface area contributed by atoms with Crippen LogP contribution in [0, 0.1) is 0 Å². The van der Waals surface area contributed by atoms with Crippen molar-refractivity contribution in [3.05, 3.63) is 81.7 Å². The monoisotopic (exact) mass is 548 g/mol. The fourth-order valence-electron chi connectivity index (χ4n) is 3.81. The van der Waals surface area contributed by atoms with Crippen molar-refractivity contribution in [2.24, 2.45) is 0 Å². The largest absolute Gasteiger partial charge is 0.497 e. The van der Waals surface area contributed by atoms with Gasteiger partial charge in [-0.3, -0.25) is 0 Å². The molecule has 158 valence electrons. The van der Waals surface area contributed by atoms with Crippen molar-refractivity contribution in [3.63, 3.8) is 0 Å². The zero-order chi connectivity index (χ0) is 22.2. The van der Waals surface area contributed by atoms with Gasteiger partial charge in [-0.2, -0.15) is 0 Å². The number of hydrogen-bond donors (Lipinski definition) is 0. The third kappa shape index (κ3) is 3.53. The van der Waals surface area contributed by atoms with E-state index in [4.69, 9.17) is 19.4 Å². The summed E-state index contributed by atoms with van der Waals surface area (Å²) in [5, 5.41) is 2.15. The Morgan fingerprint density at radius 3 is 1.44 bits per heavy atom. The second-order valence-electron chi connectivity index (χ2n) is 7.26. The van der Waals surface area contributed by atoms with E-state index in [1.165, 1.54) is 0 Å². The van der Waals surface area contributed by atoms with Crippen LogP contribution in [0.5, 0.6) is 11.5 Å². The smallest absolute Gasteiger partial charge is 0.119 e. The molecule has 0 atom stereocenters. The highest BCUT2D eigenvalue weighted by Crippen LogP contribution is 2.41. The number of nitrogens with zero attached hydrogens (tertiary/aromatic N) is 2. The average molecular weight is 550 g/mol. The normalized spacial score (nSPS) is 11.1. The lowest BCUT2D eigenvalue weighted by Crippen LogP contribution is -1.98. The third-order valence-electron chi connectivity index (χ3n) is 5.40. The molecule has 0 aliphatic heterocycles. The molecule has 0 unspecified atom stereocenters. The quantitative estimate of drug-likeness (QED) is 0.216. The predicted molar refractivity (Wildman–Crippen MR) is 136 cm³/mol. The van der Waals surface area contributed by atoms with Crippen molar-refractivity contribution in [3.8, 4) is 34.0 Å². The van der Waals surface area contributed by atoms with Crippen molar-refractivity contribution in [1.82, 2.24) is 9.97 Å². The Labute approximate surface area is 202 Å². The number of fused-ring (bicyclic) bond motifs is 2. The summed E-state index contributed by atoms with van der Waals surface area (Å²) in [6.07, 6.45) is 0. The molecular formula is C26H18Br2N2O2. The van der Waals surface area contributed by atoms with E-state index < -0.39 is 0 Å². The van der Waals surface area contributed by atoms with Gasteiger partial charge >= 0.3 is 0 Å². The highest BCUT2D eigenvalue weighted by Gasteiger charge is 2.19. The molecule has 5 rings (SSSR count). The molecule has 4 nitrogen and oxygen atoms in total. The van der Waals surface area contributed by atoms with Crippen molar-refractivity contribution in [1.29, 1.82) is 0 Å². The molecule has 0 fully saturated rings. The molecule has 5 aromatic rings. The van der Waals surface area contributed by atoms with Crippen LogP contribution < -0.4 is 9.47 Å². The Bertz CT molecular complexity index is 1370. The van der Waals surface area contributed by atoms with Crippen LogP contribution in [0.4, 0.5) is 0 Å². The van der Waals surface area contributed by atoms with Gasteiger partial charge in [-0.1, -0.05) is 48.5 Å². The molecule has 0 aliphatic rings. The van der Waals surface area contributed by atoms with Gasteiger partial charge in [-0.15, -0.1) is 0 Å². The molecule has 4 aromatic carbocycles. The van der Waals surface area contributed by atoms with Crippen molar-refractivity contribution >= 4 is 53.7 Å². The molecule has 0 radical (unpaired) electrons. The van der Waals surface area contributed by atoms with Crippen LogP contribution in [0.15, 0.2) is 81.7 Å².